The molecule has 0 aliphatic rings. The van der Waals surface area contributed by atoms with E-state index in [4.69, 9.17) is 0 Å². The number of hydrogen-bond acceptors (Lipinski definition) is 1. The van der Waals surface area contributed by atoms with Gasteiger partial charge in [0, 0.05) is 0 Å². The van der Waals surface area contributed by atoms with Crippen molar-refractivity contribution in [2.75, 3.05) is 0 Å². The molecule has 0 aliphatic heterocycles. The average Bonchev–Trinajstić information content (AvgIpc) is 1.65. The summed E-state index contributed by atoms with van der Waals surface area (Å²) in [6, 6.07) is 0. The maximum atomic E-state index is 10.5. The van der Waals surface area contributed by atoms with Crippen LogP contribution in [0.5, 0.6) is 0 Å². The zero-order chi connectivity index (χ0) is 5.86. The second-order valence-corrected chi connectivity index (χ2v) is 2.09. The molecule has 1 nitrogen and oxygen atoms in total. The van der Waals surface area contributed by atoms with Gasteiger partial charge in [0.2, 0.25) is 0 Å². The van der Waals surface area contributed by atoms with E-state index in [-0.39, 0.29) is 25.0 Å². The maximum absolute atomic E-state index is 10.5. The average molecular weight is 108 g/mol. The molecule has 0 rings (SSSR count). The fourth-order valence-electron chi connectivity index (χ4n) is 0.332. The first-order valence-corrected chi connectivity index (χ1v) is 2.84. The van der Waals surface area contributed by atoms with Crippen LogP contribution in [-0.2, 0) is 0 Å². The molecule has 0 amide bonds. The fourth-order valence-corrected chi connectivity index (χ4v) is 0.332. The zero-order valence-electron chi connectivity index (χ0n) is 6.27. The van der Waals surface area contributed by atoms with Crippen LogP contribution >= 0.6 is 0 Å². The van der Waals surface area contributed by atoms with E-state index in [1.165, 1.54) is 0 Å². The van der Waals surface area contributed by atoms with Crippen LogP contribution in [0, 0.1) is 5.92 Å². The van der Waals surface area contributed by atoms with E-state index in [0.717, 1.165) is 6.42 Å². The van der Waals surface area contributed by atoms with E-state index >= 15 is 0 Å². The van der Waals surface area contributed by atoms with E-state index in [1.54, 1.807) is 6.92 Å². The molecule has 0 N–H and O–H groups in total. The Hall–Kier alpha value is 0.557. The molecule has 0 aromatic heterocycles. The summed E-state index contributed by atoms with van der Waals surface area (Å²) in [7, 11) is 0. The molecule has 0 heterocycles. The monoisotopic (exact) mass is 108 g/mol. The van der Waals surface area contributed by atoms with Crippen LogP contribution in [0.3, 0.4) is 0 Å². The van der Waals surface area contributed by atoms with Crippen molar-refractivity contribution in [2.24, 2.45) is 5.92 Å². The van der Waals surface area contributed by atoms with Crippen molar-refractivity contribution < 1.29 is 24.0 Å². The molecular weight excluding hydrogens is 95.0 g/mol. The predicted molar refractivity (Wildman–Crippen MR) is 28.9 cm³/mol. The molecule has 2 heteroatoms. The Bertz CT molecular complexity index is 45.8. The second kappa shape index (κ2) is 5.69. The first-order chi connectivity index (χ1) is 3.18. The summed E-state index contributed by atoms with van der Waals surface area (Å²) in [5, 5.41) is 10.5. The van der Waals surface area contributed by atoms with E-state index in [9.17, 15) is 5.11 Å². The topological polar surface area (TPSA) is 23.1 Å². The van der Waals surface area contributed by atoms with Gasteiger partial charge < -0.3 is 5.11 Å². The van der Waals surface area contributed by atoms with Gasteiger partial charge in [-0.2, -0.15) is 0 Å². The predicted octanol–water partition coefficient (Wildman–Crippen LogP) is -2.21. The van der Waals surface area contributed by atoms with Crippen LogP contribution in [0.2, 0.25) is 0 Å². The van der Waals surface area contributed by atoms with Crippen molar-refractivity contribution in [1.82, 2.24) is 0 Å². The molecule has 0 saturated heterocycles. The summed E-state index contributed by atoms with van der Waals surface area (Å²) < 4.78 is 0. The van der Waals surface area contributed by atoms with Gasteiger partial charge in [-0.3, -0.25) is 0 Å². The molecule has 0 radical (unpaired) electrons. The van der Waals surface area contributed by atoms with Gasteiger partial charge in [0.25, 0.3) is 0 Å². The van der Waals surface area contributed by atoms with Crippen LogP contribution in [0.25, 0.3) is 0 Å². The Labute approximate surface area is 63.7 Å². The van der Waals surface area contributed by atoms with Crippen molar-refractivity contribution in [2.45, 2.75) is 33.3 Å². The molecule has 2 atom stereocenters. The molecular formula is C6H13LiO. The molecule has 8 heavy (non-hydrogen) atoms. The second-order valence-electron chi connectivity index (χ2n) is 2.09. The Morgan fingerprint density at radius 2 is 1.75 bits per heavy atom. The Morgan fingerprint density at radius 3 is 1.75 bits per heavy atom. The molecule has 0 fully saturated rings. The van der Waals surface area contributed by atoms with Gasteiger partial charge in [0.05, 0.1) is 0 Å². The van der Waals surface area contributed by atoms with Crippen molar-refractivity contribution >= 4 is 0 Å². The van der Waals surface area contributed by atoms with Gasteiger partial charge in [-0.25, -0.2) is 0 Å². The van der Waals surface area contributed by atoms with Crippen LogP contribution in [0.1, 0.15) is 27.2 Å². The van der Waals surface area contributed by atoms with Gasteiger partial charge in [0.1, 0.15) is 0 Å². The molecule has 0 aromatic carbocycles. The Balaban J connectivity index is 0. The van der Waals surface area contributed by atoms with Crippen molar-refractivity contribution in [3.63, 3.8) is 0 Å². The normalized spacial score (nSPS) is 16.5. The van der Waals surface area contributed by atoms with E-state index < -0.39 is 0 Å². The number of rotatable bonds is 2. The Kier molecular flexibility index (Phi) is 8.08. The first-order valence-electron chi connectivity index (χ1n) is 2.84. The fraction of sp³-hybridized carbons (Fsp3) is 1.00. The Morgan fingerprint density at radius 1 is 1.38 bits per heavy atom. The van der Waals surface area contributed by atoms with Gasteiger partial charge >= 0.3 is 18.9 Å². The summed E-state index contributed by atoms with van der Waals surface area (Å²) in [6.45, 7) is 5.74. The third-order valence-corrected chi connectivity index (χ3v) is 1.45. The molecule has 2 unspecified atom stereocenters. The van der Waals surface area contributed by atoms with E-state index in [0.29, 0.717) is 5.92 Å². The third-order valence-electron chi connectivity index (χ3n) is 1.45. The van der Waals surface area contributed by atoms with E-state index in [2.05, 4.69) is 0 Å². The minimum Gasteiger partial charge on any atom is -0.852 e. The third kappa shape index (κ3) is 4.71. The summed E-state index contributed by atoms with van der Waals surface area (Å²) in [4.78, 5) is 0. The molecule has 0 bridgehead atoms. The van der Waals surface area contributed by atoms with Crippen molar-refractivity contribution in [3.8, 4) is 0 Å². The van der Waals surface area contributed by atoms with Gasteiger partial charge in [0.15, 0.2) is 0 Å². The first kappa shape index (κ1) is 11.4. The standard InChI is InChI=1S/C6H13O.Li/c1-4-5(2)6(3)7;/h5-6H,4H2,1-3H3;/q-1;+1. The van der Waals surface area contributed by atoms with Crippen LogP contribution in [-0.4, -0.2) is 6.10 Å². The summed E-state index contributed by atoms with van der Waals surface area (Å²) in [5.41, 5.74) is 0. The molecule has 0 spiro atoms. The smallest absolute Gasteiger partial charge is 0.852 e. The van der Waals surface area contributed by atoms with Crippen LogP contribution < -0.4 is 24.0 Å². The molecule has 0 aromatic rings. The van der Waals surface area contributed by atoms with Crippen molar-refractivity contribution in [3.05, 3.63) is 0 Å². The largest absolute Gasteiger partial charge is 1.00 e. The SMILES string of the molecule is CCC(C)C(C)[O-].[Li+]. The summed E-state index contributed by atoms with van der Waals surface area (Å²) >= 11 is 0. The zero-order valence-corrected chi connectivity index (χ0v) is 6.27. The van der Waals surface area contributed by atoms with Crippen molar-refractivity contribution in [1.29, 1.82) is 0 Å². The minimum atomic E-state index is -0.384. The quantitative estimate of drug-likeness (QED) is 0.368. The van der Waals surface area contributed by atoms with Gasteiger partial charge in [-0.05, 0) is 0 Å². The number of hydrogen-bond donors (Lipinski definition) is 0. The van der Waals surface area contributed by atoms with Gasteiger partial charge in [-0.15, -0.1) is 6.10 Å². The molecule has 0 aliphatic carbocycles. The molecule has 0 saturated carbocycles. The summed E-state index contributed by atoms with van der Waals surface area (Å²) in [6.07, 6.45) is 0.620. The van der Waals surface area contributed by atoms with E-state index in [1.807, 2.05) is 13.8 Å². The van der Waals surface area contributed by atoms with Crippen LogP contribution in [0.4, 0.5) is 0 Å². The minimum absolute atomic E-state index is 0. The maximum Gasteiger partial charge on any atom is 1.00 e. The summed E-state index contributed by atoms with van der Waals surface area (Å²) in [5.74, 6) is 0.347. The van der Waals surface area contributed by atoms with Crippen LogP contribution in [0.15, 0.2) is 0 Å². The van der Waals surface area contributed by atoms with Gasteiger partial charge in [-0.1, -0.05) is 33.1 Å². The molecule has 44 valence electrons.